The fraction of sp³-hybridized carbons (Fsp3) is 0.577. The van der Waals surface area contributed by atoms with E-state index in [1.165, 1.54) is 0 Å². The largest absolute Gasteiger partial charge is 0.444 e. The lowest BCUT2D eigenvalue weighted by atomic mass is 9.96. The van der Waals surface area contributed by atoms with Gasteiger partial charge in [-0.15, -0.1) is 0 Å². The number of carbonyl (C=O) groups is 1. The van der Waals surface area contributed by atoms with Crippen LogP contribution in [0.1, 0.15) is 57.6 Å². The minimum atomic E-state index is -0.575. The van der Waals surface area contributed by atoms with E-state index in [0.717, 1.165) is 61.4 Å². The Kier molecular flexibility index (Phi) is 7.13. The van der Waals surface area contributed by atoms with E-state index in [9.17, 15) is 15.5 Å². The lowest BCUT2D eigenvalue weighted by Gasteiger charge is -2.38. The van der Waals surface area contributed by atoms with E-state index in [1.54, 1.807) is 4.90 Å². The summed E-state index contributed by atoms with van der Waals surface area (Å²) in [6.45, 7) is 8.64. The Morgan fingerprint density at radius 3 is 2.71 bits per heavy atom. The van der Waals surface area contributed by atoms with E-state index >= 15 is 0 Å². The maximum atomic E-state index is 12.9. The van der Waals surface area contributed by atoms with Gasteiger partial charge in [0.1, 0.15) is 11.4 Å². The van der Waals surface area contributed by atoms with Crippen LogP contribution in [0.25, 0.3) is 0 Å². The summed E-state index contributed by atoms with van der Waals surface area (Å²) in [5.74, 6) is 0.388. The minimum absolute atomic E-state index is 0.304. The predicted octanol–water partition coefficient (Wildman–Crippen LogP) is 3.95. The van der Waals surface area contributed by atoms with E-state index in [1.807, 2.05) is 43.9 Å². The number of nitriles is 1. The molecule has 1 aromatic rings. The van der Waals surface area contributed by atoms with E-state index < -0.39 is 5.60 Å². The first-order chi connectivity index (χ1) is 16.2. The van der Waals surface area contributed by atoms with Crippen LogP contribution in [-0.4, -0.2) is 61.3 Å². The Balaban J connectivity index is 1.64. The third-order valence-corrected chi connectivity index (χ3v) is 6.49. The van der Waals surface area contributed by atoms with Crippen molar-refractivity contribution in [1.82, 2.24) is 10.2 Å². The molecule has 0 saturated carbocycles. The van der Waals surface area contributed by atoms with Crippen LogP contribution in [0.5, 0.6) is 0 Å². The van der Waals surface area contributed by atoms with Crippen molar-refractivity contribution in [3.05, 3.63) is 40.6 Å². The van der Waals surface area contributed by atoms with Crippen LogP contribution in [0.2, 0.25) is 0 Å². The van der Waals surface area contributed by atoms with Gasteiger partial charge in [0.15, 0.2) is 0 Å². The maximum absolute atomic E-state index is 12.9. The molecule has 1 fully saturated rings. The van der Waals surface area contributed by atoms with Crippen LogP contribution in [0, 0.1) is 16.7 Å². The molecule has 3 aliphatic rings. The first kappa shape index (κ1) is 24.1. The molecule has 0 unspecified atom stereocenters. The molecule has 1 saturated heterocycles. The number of rotatable bonds is 3. The summed E-state index contributed by atoms with van der Waals surface area (Å²) in [6.07, 6.45) is 4.02. The van der Waals surface area contributed by atoms with Crippen LogP contribution >= 0.6 is 0 Å². The summed E-state index contributed by atoms with van der Waals surface area (Å²) in [6, 6.07) is 8.24. The highest BCUT2D eigenvalue weighted by atomic mass is 16.6. The number of benzene rings is 1. The van der Waals surface area contributed by atoms with Gasteiger partial charge in [0, 0.05) is 55.7 Å². The summed E-state index contributed by atoms with van der Waals surface area (Å²) >= 11 is 0. The average Bonchev–Trinajstić information content (AvgIpc) is 2.82. The van der Waals surface area contributed by atoms with Gasteiger partial charge in [0.2, 0.25) is 0 Å². The number of nitrogens with zero attached hydrogens (tertiary/aromatic N) is 3. The molecule has 1 amide bonds. The molecular formula is C26H35N5O3. The highest BCUT2D eigenvalue weighted by molar-refractivity contribution is 6.09. The molecule has 182 valence electrons. The van der Waals surface area contributed by atoms with Crippen molar-refractivity contribution >= 4 is 17.6 Å². The number of fused-ring (bicyclic) bond motifs is 1. The van der Waals surface area contributed by atoms with E-state index in [0.29, 0.717) is 43.5 Å². The standard InChI is InChI=1S/C26H35N5O3/c1-26(2,3)34-25(32)30-12-8-22(29-20-9-13-33-14-10-20)21(17-30)24(28)31-11-4-5-19-7-6-18(16-27)15-23(19)31/h6-7,15,20,28-29H,4-5,8-14,17H2,1-3H3. The van der Waals surface area contributed by atoms with Crippen LogP contribution in [0.3, 0.4) is 0 Å². The number of hydrogen-bond donors (Lipinski definition) is 2. The van der Waals surface area contributed by atoms with Gasteiger partial charge in [-0.05, 0) is 64.2 Å². The second-order valence-electron chi connectivity index (χ2n) is 10.2. The first-order valence-electron chi connectivity index (χ1n) is 12.2. The monoisotopic (exact) mass is 465 g/mol. The fourth-order valence-electron chi connectivity index (χ4n) is 4.75. The van der Waals surface area contributed by atoms with Gasteiger partial charge < -0.3 is 24.6 Å². The Morgan fingerprint density at radius 2 is 2.00 bits per heavy atom. The van der Waals surface area contributed by atoms with E-state index in [2.05, 4.69) is 11.4 Å². The van der Waals surface area contributed by atoms with E-state index in [-0.39, 0.29) is 6.09 Å². The number of amides is 1. The number of carbonyl (C=O) groups excluding carboxylic acids is 1. The Hall–Kier alpha value is -3.05. The second kappa shape index (κ2) is 10.1. The van der Waals surface area contributed by atoms with Gasteiger partial charge in [0.25, 0.3) is 0 Å². The van der Waals surface area contributed by atoms with Crippen LogP contribution in [0.15, 0.2) is 29.5 Å². The Bertz CT molecular complexity index is 1010. The topological polar surface area (TPSA) is 102 Å². The zero-order valence-electron chi connectivity index (χ0n) is 20.4. The lowest BCUT2D eigenvalue weighted by molar-refractivity contribution is 0.0260. The quantitative estimate of drug-likeness (QED) is 0.518. The molecule has 2 N–H and O–H groups in total. The normalized spacial score (nSPS) is 19.4. The lowest BCUT2D eigenvalue weighted by Crippen LogP contribution is -2.48. The van der Waals surface area contributed by atoms with Gasteiger partial charge in [-0.1, -0.05) is 6.07 Å². The third-order valence-electron chi connectivity index (χ3n) is 6.49. The zero-order chi connectivity index (χ0) is 24.3. The predicted molar refractivity (Wildman–Crippen MR) is 131 cm³/mol. The van der Waals surface area contributed by atoms with E-state index in [4.69, 9.17) is 9.47 Å². The summed E-state index contributed by atoms with van der Waals surface area (Å²) in [5, 5.41) is 22.3. The molecule has 0 radical (unpaired) electrons. The molecule has 0 spiro atoms. The molecule has 0 aromatic heterocycles. The number of ether oxygens (including phenoxy) is 2. The molecule has 4 rings (SSSR count). The fourth-order valence-corrected chi connectivity index (χ4v) is 4.75. The molecule has 0 bridgehead atoms. The molecule has 1 aromatic carbocycles. The number of hydrogen-bond acceptors (Lipinski definition) is 6. The zero-order valence-corrected chi connectivity index (χ0v) is 20.4. The van der Waals surface area contributed by atoms with Gasteiger partial charge >= 0.3 is 6.09 Å². The van der Waals surface area contributed by atoms with Crippen molar-refractivity contribution in [3.8, 4) is 6.07 Å². The highest BCUT2D eigenvalue weighted by Crippen LogP contribution is 2.31. The summed E-state index contributed by atoms with van der Waals surface area (Å²) in [5.41, 5.74) is 3.93. The molecule has 8 nitrogen and oxygen atoms in total. The second-order valence-corrected chi connectivity index (χ2v) is 10.2. The Morgan fingerprint density at radius 1 is 1.24 bits per heavy atom. The molecule has 0 aliphatic carbocycles. The van der Waals surface area contributed by atoms with Crippen LogP contribution < -0.4 is 10.2 Å². The molecule has 34 heavy (non-hydrogen) atoms. The van der Waals surface area contributed by atoms with Gasteiger partial charge in [-0.25, -0.2) is 4.79 Å². The van der Waals surface area contributed by atoms with Crippen LogP contribution in [0.4, 0.5) is 10.5 Å². The number of aryl methyl sites for hydroxylation is 1. The molecule has 3 aliphatic heterocycles. The minimum Gasteiger partial charge on any atom is -0.444 e. The SMILES string of the molecule is CC(C)(C)OC(=O)N1CCC(NC2CCOCC2)=C(C(=N)N2CCCc3ccc(C#N)cc32)C1. The third kappa shape index (κ3) is 5.53. The van der Waals surface area contributed by atoms with Crippen LogP contribution in [-0.2, 0) is 15.9 Å². The first-order valence-corrected chi connectivity index (χ1v) is 12.2. The van der Waals surface area contributed by atoms with Gasteiger partial charge in [-0.2, -0.15) is 5.26 Å². The summed E-state index contributed by atoms with van der Waals surface area (Å²) in [4.78, 5) is 16.6. The molecular weight excluding hydrogens is 430 g/mol. The summed E-state index contributed by atoms with van der Waals surface area (Å²) in [7, 11) is 0. The number of amidine groups is 1. The van der Waals surface area contributed by atoms with Crippen molar-refractivity contribution in [2.75, 3.05) is 37.7 Å². The average molecular weight is 466 g/mol. The van der Waals surface area contributed by atoms with Gasteiger partial charge in [0.05, 0.1) is 18.2 Å². The molecule has 3 heterocycles. The highest BCUT2D eigenvalue weighted by Gasteiger charge is 2.32. The Labute approximate surface area is 202 Å². The summed E-state index contributed by atoms with van der Waals surface area (Å²) < 4.78 is 11.1. The molecule has 0 atom stereocenters. The van der Waals surface area contributed by atoms with Crippen molar-refractivity contribution in [1.29, 1.82) is 10.7 Å². The van der Waals surface area contributed by atoms with Crippen molar-refractivity contribution in [2.45, 2.75) is 64.5 Å². The van der Waals surface area contributed by atoms with Crippen molar-refractivity contribution in [2.24, 2.45) is 0 Å². The number of nitrogens with one attached hydrogen (secondary N) is 2. The van der Waals surface area contributed by atoms with Gasteiger partial charge in [-0.3, -0.25) is 5.41 Å². The smallest absolute Gasteiger partial charge is 0.410 e. The molecule has 8 heteroatoms. The number of anilines is 1. The maximum Gasteiger partial charge on any atom is 0.410 e. The van der Waals surface area contributed by atoms with Crippen molar-refractivity contribution in [3.63, 3.8) is 0 Å². The van der Waals surface area contributed by atoms with Crippen molar-refractivity contribution < 1.29 is 14.3 Å².